The summed E-state index contributed by atoms with van der Waals surface area (Å²) in [6, 6.07) is 5.14. The van der Waals surface area contributed by atoms with Crippen LogP contribution >= 0.6 is 22.9 Å². The van der Waals surface area contributed by atoms with E-state index >= 15 is 0 Å². The normalized spacial score (nSPS) is 10.7. The molecule has 0 aliphatic rings. The van der Waals surface area contributed by atoms with Gasteiger partial charge in [-0.2, -0.15) is 0 Å². The van der Waals surface area contributed by atoms with Gasteiger partial charge in [-0.15, -0.1) is 11.3 Å². The van der Waals surface area contributed by atoms with Crippen LogP contribution in [0.4, 0.5) is 8.78 Å². The number of carbonyl (C=O) groups is 2. The van der Waals surface area contributed by atoms with Crippen LogP contribution in [0, 0.1) is 11.6 Å². The van der Waals surface area contributed by atoms with Crippen molar-refractivity contribution in [3.8, 4) is 0 Å². The Morgan fingerprint density at radius 3 is 2.52 bits per heavy atom. The number of benzene rings is 1. The van der Waals surface area contributed by atoms with Crippen molar-refractivity contribution in [3.63, 3.8) is 0 Å². The van der Waals surface area contributed by atoms with Gasteiger partial charge in [-0.1, -0.05) is 17.7 Å². The molecule has 8 heteroatoms. The van der Waals surface area contributed by atoms with Crippen LogP contribution in [-0.4, -0.2) is 28.4 Å². The molecule has 0 atom stereocenters. The highest BCUT2D eigenvalue weighted by atomic mass is 35.5. The van der Waals surface area contributed by atoms with Crippen molar-refractivity contribution in [2.24, 2.45) is 0 Å². The molecule has 0 spiro atoms. The number of hydrogen-bond donors (Lipinski definition) is 1. The lowest BCUT2D eigenvalue weighted by Crippen LogP contribution is -2.32. The number of rotatable bonds is 8. The number of carboxylic acid groups (broad SMARTS) is 1. The molecule has 0 radical (unpaired) electrons. The Morgan fingerprint density at radius 1 is 1.16 bits per heavy atom. The molecule has 1 N–H and O–H groups in total. The first-order valence-corrected chi connectivity index (χ1v) is 8.77. The van der Waals surface area contributed by atoms with Gasteiger partial charge in [0.25, 0.3) is 0 Å². The third kappa shape index (κ3) is 6.10. The molecule has 1 heterocycles. The van der Waals surface area contributed by atoms with Crippen molar-refractivity contribution >= 4 is 34.8 Å². The Hall–Kier alpha value is -1.99. The summed E-state index contributed by atoms with van der Waals surface area (Å²) in [5.74, 6) is -3.26. The summed E-state index contributed by atoms with van der Waals surface area (Å²) < 4.78 is 26.3. The first-order chi connectivity index (χ1) is 11.8. The molecule has 1 amide bonds. The lowest BCUT2D eigenvalue weighted by molar-refractivity contribution is -0.138. The molecular formula is C17H16ClF2NO3S. The molecule has 0 unspecified atom stereocenters. The Kier molecular flexibility index (Phi) is 6.90. The van der Waals surface area contributed by atoms with Crippen molar-refractivity contribution in [2.45, 2.75) is 25.8 Å². The molecule has 2 rings (SSSR count). The minimum absolute atomic E-state index is 0.00163. The molecule has 1 aromatic carbocycles. The number of carboxylic acids is 1. The molecule has 134 valence electrons. The number of thiophene rings is 1. The van der Waals surface area contributed by atoms with Gasteiger partial charge in [0.15, 0.2) is 11.6 Å². The molecule has 1 aromatic heterocycles. The van der Waals surface area contributed by atoms with Crippen LogP contribution in [0.3, 0.4) is 0 Å². The van der Waals surface area contributed by atoms with E-state index in [0.717, 1.165) is 17.0 Å². The summed E-state index contributed by atoms with van der Waals surface area (Å²) in [5, 5.41) is 11.2. The zero-order valence-corrected chi connectivity index (χ0v) is 14.7. The van der Waals surface area contributed by atoms with Crippen LogP contribution < -0.4 is 0 Å². The van der Waals surface area contributed by atoms with Crippen molar-refractivity contribution in [2.75, 3.05) is 6.54 Å². The van der Waals surface area contributed by atoms with E-state index in [4.69, 9.17) is 16.7 Å². The average molecular weight is 388 g/mol. The van der Waals surface area contributed by atoms with E-state index < -0.39 is 17.6 Å². The fourth-order valence-electron chi connectivity index (χ4n) is 2.25. The van der Waals surface area contributed by atoms with Gasteiger partial charge < -0.3 is 10.0 Å². The van der Waals surface area contributed by atoms with Crippen LogP contribution in [-0.2, 0) is 22.6 Å². The number of aryl methyl sites for hydroxylation is 1. The first-order valence-electron chi connectivity index (χ1n) is 7.51. The average Bonchev–Trinajstić information content (AvgIpc) is 2.97. The number of amides is 1. The van der Waals surface area contributed by atoms with Gasteiger partial charge in [-0.05, 0) is 30.2 Å². The van der Waals surface area contributed by atoms with Gasteiger partial charge >= 0.3 is 5.97 Å². The standard InChI is InChI=1S/C17H16ClF2NO3S/c18-12-8-13(25-10-12)2-4-16(22)21(6-5-17(23)24)9-11-1-3-14(19)15(20)7-11/h1,3,7-8,10H,2,4-6,9H2,(H,23,24). The first kappa shape index (κ1) is 19.3. The second-order valence-electron chi connectivity index (χ2n) is 5.44. The maximum Gasteiger partial charge on any atom is 0.305 e. The summed E-state index contributed by atoms with van der Waals surface area (Å²) in [4.78, 5) is 25.5. The van der Waals surface area contributed by atoms with Gasteiger partial charge in [0, 0.05) is 29.8 Å². The summed E-state index contributed by atoms with van der Waals surface area (Å²) in [7, 11) is 0. The van der Waals surface area contributed by atoms with E-state index in [1.807, 2.05) is 0 Å². The monoisotopic (exact) mass is 387 g/mol. The predicted octanol–water partition coefficient (Wildman–Crippen LogP) is 4.12. The molecule has 4 nitrogen and oxygen atoms in total. The highest BCUT2D eigenvalue weighted by Gasteiger charge is 2.16. The number of aliphatic carboxylic acids is 1. The maximum absolute atomic E-state index is 13.3. The number of hydrogen-bond acceptors (Lipinski definition) is 3. The maximum atomic E-state index is 13.3. The fraction of sp³-hybridized carbons (Fsp3) is 0.294. The van der Waals surface area contributed by atoms with Gasteiger partial charge in [-0.25, -0.2) is 8.78 Å². The van der Waals surface area contributed by atoms with E-state index in [9.17, 15) is 18.4 Å². The van der Waals surface area contributed by atoms with Crippen LogP contribution in [0.15, 0.2) is 29.6 Å². The molecule has 0 fully saturated rings. The van der Waals surface area contributed by atoms with Gasteiger partial charge in [0.2, 0.25) is 5.91 Å². The summed E-state index contributed by atoms with van der Waals surface area (Å²) in [5.41, 5.74) is 0.400. The third-order valence-electron chi connectivity index (χ3n) is 3.51. The predicted molar refractivity (Wildman–Crippen MR) is 91.7 cm³/mol. The Bertz CT molecular complexity index is 766. The molecule has 25 heavy (non-hydrogen) atoms. The van der Waals surface area contributed by atoms with Crippen molar-refractivity contribution < 1.29 is 23.5 Å². The van der Waals surface area contributed by atoms with E-state index in [1.165, 1.54) is 22.3 Å². The quantitative estimate of drug-likeness (QED) is 0.741. The van der Waals surface area contributed by atoms with E-state index in [1.54, 1.807) is 11.4 Å². The minimum atomic E-state index is -1.03. The highest BCUT2D eigenvalue weighted by molar-refractivity contribution is 7.10. The lowest BCUT2D eigenvalue weighted by atomic mass is 10.1. The minimum Gasteiger partial charge on any atom is -0.481 e. The SMILES string of the molecule is O=C(O)CCN(Cc1ccc(F)c(F)c1)C(=O)CCc1cc(Cl)cs1. The molecule has 0 aliphatic carbocycles. The van der Waals surface area contributed by atoms with Crippen molar-refractivity contribution in [3.05, 3.63) is 56.7 Å². The van der Waals surface area contributed by atoms with E-state index in [2.05, 4.69) is 0 Å². The Labute approximate surface area is 152 Å². The van der Waals surface area contributed by atoms with E-state index in [-0.39, 0.29) is 31.8 Å². The van der Waals surface area contributed by atoms with Crippen LogP contribution in [0.5, 0.6) is 0 Å². The van der Waals surface area contributed by atoms with Gasteiger partial charge in [0.1, 0.15) is 0 Å². The zero-order valence-electron chi connectivity index (χ0n) is 13.2. The van der Waals surface area contributed by atoms with Crippen molar-refractivity contribution in [1.82, 2.24) is 4.90 Å². The van der Waals surface area contributed by atoms with Crippen LogP contribution in [0.25, 0.3) is 0 Å². The molecule has 0 saturated heterocycles. The second-order valence-corrected chi connectivity index (χ2v) is 6.87. The summed E-state index contributed by atoms with van der Waals surface area (Å²) in [6.07, 6.45) is 0.442. The number of carbonyl (C=O) groups excluding carboxylic acids is 1. The zero-order chi connectivity index (χ0) is 18.4. The third-order valence-corrected chi connectivity index (χ3v) is 4.86. The Morgan fingerprint density at radius 2 is 1.92 bits per heavy atom. The van der Waals surface area contributed by atoms with Gasteiger partial charge in [0.05, 0.1) is 11.4 Å². The largest absolute Gasteiger partial charge is 0.481 e. The smallest absolute Gasteiger partial charge is 0.305 e. The molecule has 2 aromatic rings. The Balaban J connectivity index is 2.03. The molecule has 0 bridgehead atoms. The lowest BCUT2D eigenvalue weighted by Gasteiger charge is -2.22. The molecule has 0 saturated carbocycles. The molecular weight excluding hydrogens is 372 g/mol. The summed E-state index contributed by atoms with van der Waals surface area (Å²) in [6.45, 7) is 0.0207. The van der Waals surface area contributed by atoms with Crippen molar-refractivity contribution in [1.29, 1.82) is 0 Å². The highest BCUT2D eigenvalue weighted by Crippen LogP contribution is 2.21. The number of nitrogens with zero attached hydrogens (tertiary/aromatic N) is 1. The summed E-state index contributed by atoms with van der Waals surface area (Å²) >= 11 is 7.28. The van der Waals surface area contributed by atoms with Gasteiger partial charge in [-0.3, -0.25) is 9.59 Å². The second kappa shape index (κ2) is 8.92. The van der Waals surface area contributed by atoms with E-state index in [0.29, 0.717) is 17.0 Å². The topological polar surface area (TPSA) is 57.6 Å². The molecule has 0 aliphatic heterocycles. The van der Waals surface area contributed by atoms with Crippen LogP contribution in [0.2, 0.25) is 5.02 Å². The fourth-order valence-corrected chi connectivity index (χ4v) is 3.33. The van der Waals surface area contributed by atoms with Crippen LogP contribution in [0.1, 0.15) is 23.3 Å². The number of halogens is 3.